The molecule has 1 heterocycles. The molecule has 3 aromatic carbocycles. The molecule has 1 fully saturated rings. The molecule has 0 aliphatic carbocycles. The van der Waals surface area contributed by atoms with Gasteiger partial charge < -0.3 is 14.8 Å². The van der Waals surface area contributed by atoms with Gasteiger partial charge in [0.2, 0.25) is 0 Å². The van der Waals surface area contributed by atoms with Gasteiger partial charge in [-0.3, -0.25) is 19.7 Å². The molecule has 38 heavy (non-hydrogen) atoms. The fourth-order valence-electron chi connectivity index (χ4n) is 3.88. The summed E-state index contributed by atoms with van der Waals surface area (Å²) in [6.07, 6.45) is 1.30. The van der Waals surface area contributed by atoms with Crippen LogP contribution in [0.2, 0.25) is 5.02 Å². The molecule has 0 atom stereocenters. The Bertz CT molecular complexity index is 1470. The zero-order valence-electron chi connectivity index (χ0n) is 20.8. The quantitative estimate of drug-likeness (QED) is 0.337. The highest BCUT2D eigenvalue weighted by molar-refractivity contribution is 6.39. The molecule has 1 aliphatic rings. The van der Waals surface area contributed by atoms with Crippen LogP contribution in [0.15, 0.2) is 66.2 Å². The van der Waals surface area contributed by atoms with Crippen molar-refractivity contribution in [2.24, 2.45) is 0 Å². The van der Waals surface area contributed by atoms with Crippen LogP contribution in [-0.2, 0) is 14.4 Å². The van der Waals surface area contributed by atoms with E-state index in [1.807, 2.05) is 32.0 Å². The monoisotopic (exact) mass is 533 g/mol. The van der Waals surface area contributed by atoms with Gasteiger partial charge in [-0.05, 0) is 61.4 Å². The van der Waals surface area contributed by atoms with Gasteiger partial charge in [-0.2, -0.15) is 0 Å². The molecule has 9 nitrogen and oxygen atoms in total. The number of benzene rings is 3. The number of halogens is 1. The number of barbiturate groups is 1. The molecule has 0 bridgehead atoms. The maximum atomic E-state index is 13.1. The van der Waals surface area contributed by atoms with Crippen LogP contribution < -0.4 is 25.0 Å². The maximum absolute atomic E-state index is 13.1. The highest BCUT2D eigenvalue weighted by Gasteiger charge is 2.36. The van der Waals surface area contributed by atoms with E-state index >= 15 is 0 Å². The first-order chi connectivity index (χ1) is 18.2. The van der Waals surface area contributed by atoms with Crippen molar-refractivity contribution < 1.29 is 28.7 Å². The van der Waals surface area contributed by atoms with Crippen molar-refractivity contribution in [3.05, 3.63) is 87.9 Å². The van der Waals surface area contributed by atoms with E-state index in [-0.39, 0.29) is 28.7 Å². The lowest BCUT2D eigenvalue weighted by molar-refractivity contribution is -0.122. The molecule has 1 aliphatic heterocycles. The third-order valence-electron chi connectivity index (χ3n) is 5.68. The van der Waals surface area contributed by atoms with Gasteiger partial charge >= 0.3 is 6.03 Å². The third kappa shape index (κ3) is 5.68. The number of aryl methyl sites for hydroxylation is 2. The number of hydrogen-bond donors (Lipinski definition) is 2. The molecule has 5 amide bonds. The van der Waals surface area contributed by atoms with Gasteiger partial charge in [0.1, 0.15) is 5.57 Å². The average Bonchev–Trinajstić information content (AvgIpc) is 2.87. The Hall–Kier alpha value is -4.63. The minimum absolute atomic E-state index is 0.0928. The van der Waals surface area contributed by atoms with E-state index in [9.17, 15) is 19.2 Å². The van der Waals surface area contributed by atoms with Crippen LogP contribution in [-0.4, -0.2) is 37.5 Å². The Morgan fingerprint density at radius 2 is 1.79 bits per heavy atom. The topological polar surface area (TPSA) is 114 Å². The van der Waals surface area contributed by atoms with Crippen molar-refractivity contribution in [3.63, 3.8) is 0 Å². The molecule has 0 saturated carbocycles. The van der Waals surface area contributed by atoms with E-state index in [0.29, 0.717) is 16.9 Å². The summed E-state index contributed by atoms with van der Waals surface area (Å²) in [6, 6.07) is 16.0. The Morgan fingerprint density at radius 3 is 2.47 bits per heavy atom. The van der Waals surface area contributed by atoms with E-state index in [1.165, 1.54) is 25.3 Å². The molecule has 194 valence electrons. The van der Waals surface area contributed by atoms with E-state index in [1.54, 1.807) is 30.3 Å². The number of carbonyl (C=O) groups excluding carboxylic acids is 4. The molecule has 0 spiro atoms. The average molecular weight is 534 g/mol. The molecule has 10 heteroatoms. The lowest BCUT2D eigenvalue weighted by atomic mass is 10.1. The van der Waals surface area contributed by atoms with Crippen molar-refractivity contribution in [2.75, 3.05) is 23.9 Å². The number of hydrogen-bond acceptors (Lipinski definition) is 6. The van der Waals surface area contributed by atoms with Gasteiger partial charge in [-0.15, -0.1) is 0 Å². The molecule has 1 saturated heterocycles. The molecule has 3 aromatic rings. The molecule has 0 aromatic heterocycles. The largest absolute Gasteiger partial charge is 0.493 e. The van der Waals surface area contributed by atoms with Gasteiger partial charge in [0.05, 0.1) is 17.8 Å². The van der Waals surface area contributed by atoms with Crippen LogP contribution in [0.4, 0.5) is 16.2 Å². The summed E-state index contributed by atoms with van der Waals surface area (Å²) in [5.74, 6) is -1.72. The summed E-state index contributed by atoms with van der Waals surface area (Å²) < 4.78 is 11.0. The zero-order chi connectivity index (χ0) is 27.4. The number of para-hydroxylation sites is 1. The van der Waals surface area contributed by atoms with Crippen molar-refractivity contribution in [2.45, 2.75) is 13.8 Å². The van der Waals surface area contributed by atoms with Gasteiger partial charge in [0, 0.05) is 5.69 Å². The lowest BCUT2D eigenvalue weighted by Crippen LogP contribution is -2.54. The smallest absolute Gasteiger partial charge is 0.335 e. The van der Waals surface area contributed by atoms with Crippen molar-refractivity contribution in [3.8, 4) is 11.5 Å². The van der Waals surface area contributed by atoms with Crippen LogP contribution in [0.5, 0.6) is 11.5 Å². The number of imide groups is 2. The Labute approximate surface area is 224 Å². The number of methoxy groups -OCH3 is 1. The fraction of sp³-hybridized carbons (Fsp3) is 0.143. The van der Waals surface area contributed by atoms with E-state index in [0.717, 1.165) is 16.0 Å². The highest BCUT2D eigenvalue weighted by atomic mass is 35.5. The fourth-order valence-corrected chi connectivity index (χ4v) is 4.15. The van der Waals surface area contributed by atoms with Gasteiger partial charge in [-0.1, -0.05) is 47.5 Å². The van der Waals surface area contributed by atoms with Crippen LogP contribution in [0.3, 0.4) is 0 Å². The van der Waals surface area contributed by atoms with Gasteiger partial charge in [-0.25, -0.2) is 9.69 Å². The molecule has 0 radical (unpaired) electrons. The van der Waals surface area contributed by atoms with Gasteiger partial charge in [0.25, 0.3) is 17.7 Å². The number of ether oxygens (including phenoxy) is 2. The predicted octanol–water partition coefficient (Wildman–Crippen LogP) is 4.65. The highest BCUT2D eigenvalue weighted by Crippen LogP contribution is 2.37. The van der Waals surface area contributed by atoms with Crippen LogP contribution >= 0.6 is 11.6 Å². The maximum Gasteiger partial charge on any atom is 0.335 e. The molecule has 2 N–H and O–H groups in total. The van der Waals surface area contributed by atoms with E-state index < -0.39 is 23.8 Å². The third-order valence-corrected chi connectivity index (χ3v) is 5.96. The van der Waals surface area contributed by atoms with Crippen molar-refractivity contribution in [1.82, 2.24) is 5.32 Å². The number of amides is 5. The second kappa shape index (κ2) is 11.2. The minimum atomic E-state index is -0.846. The second-order valence-corrected chi connectivity index (χ2v) is 8.89. The molecular weight excluding hydrogens is 510 g/mol. The van der Waals surface area contributed by atoms with Gasteiger partial charge in [0.15, 0.2) is 18.1 Å². The van der Waals surface area contributed by atoms with E-state index in [4.69, 9.17) is 21.1 Å². The van der Waals surface area contributed by atoms with E-state index in [2.05, 4.69) is 10.6 Å². The zero-order valence-corrected chi connectivity index (χ0v) is 21.6. The number of rotatable bonds is 7. The predicted molar refractivity (Wildman–Crippen MR) is 143 cm³/mol. The first-order valence-electron chi connectivity index (χ1n) is 11.5. The summed E-state index contributed by atoms with van der Waals surface area (Å²) in [7, 11) is 1.39. The number of anilines is 2. The Morgan fingerprint density at radius 1 is 1.05 bits per heavy atom. The summed E-state index contributed by atoms with van der Waals surface area (Å²) in [5.41, 5.74) is 3.05. The summed E-state index contributed by atoms with van der Waals surface area (Å²) in [6.45, 7) is 3.52. The Kier molecular flexibility index (Phi) is 7.78. The SMILES string of the molecule is COc1cc(/C=C2/C(=O)NC(=O)N(c3ccccc3)C2=O)cc(Cl)c1OCC(=O)Nc1ccc(C)cc1C. The minimum Gasteiger partial charge on any atom is -0.493 e. The first kappa shape index (κ1) is 26.4. The van der Waals surface area contributed by atoms with Crippen molar-refractivity contribution in [1.29, 1.82) is 0 Å². The Balaban J connectivity index is 1.55. The number of nitrogens with one attached hydrogen (secondary N) is 2. The number of urea groups is 1. The summed E-state index contributed by atoms with van der Waals surface area (Å²) in [5, 5.41) is 5.05. The standard InChI is InChI=1S/C28H24ClN3O6/c1-16-9-10-22(17(2)11-16)30-24(33)15-38-25-21(29)13-18(14-23(25)37-3)12-20-26(34)31-28(36)32(27(20)35)19-7-5-4-6-8-19/h4-14H,15H2,1-3H3,(H,30,33)(H,31,34,36)/b20-12-. The van der Waals surface area contributed by atoms with Crippen LogP contribution in [0, 0.1) is 13.8 Å². The normalized spacial score (nSPS) is 14.4. The number of nitrogens with zero attached hydrogens (tertiary/aromatic N) is 1. The first-order valence-corrected chi connectivity index (χ1v) is 11.9. The molecular formula is C28H24ClN3O6. The molecule has 0 unspecified atom stereocenters. The second-order valence-electron chi connectivity index (χ2n) is 8.48. The summed E-state index contributed by atoms with van der Waals surface area (Å²) in [4.78, 5) is 51.2. The number of carbonyl (C=O) groups is 4. The summed E-state index contributed by atoms with van der Waals surface area (Å²) >= 11 is 6.42. The molecule has 4 rings (SSSR count). The van der Waals surface area contributed by atoms with Crippen LogP contribution in [0.25, 0.3) is 6.08 Å². The lowest BCUT2D eigenvalue weighted by Gasteiger charge is -2.26. The van der Waals surface area contributed by atoms with Crippen LogP contribution in [0.1, 0.15) is 16.7 Å². The van der Waals surface area contributed by atoms with Crippen molar-refractivity contribution >= 4 is 52.8 Å².